The molecule has 0 rings (SSSR count). The van der Waals surface area contributed by atoms with Crippen molar-refractivity contribution in [3.8, 4) is 0 Å². The van der Waals surface area contributed by atoms with Crippen molar-refractivity contribution in [1.82, 2.24) is 0 Å². The standard InChI is InChI=1S/C4H9NO4.Na/c5-3(4(8)9)2(7)1-6;/h2-3,6-7H,1,5H2,(H,8,9);/q;+1/p-1/t2-,3-;/m0./s1. The predicted molar refractivity (Wildman–Crippen MR) is 26.1 cm³/mol. The molecule has 5 nitrogen and oxygen atoms in total. The molecule has 0 aromatic heterocycles. The summed E-state index contributed by atoms with van der Waals surface area (Å²) < 4.78 is 0. The molecule has 54 valence electrons. The first-order valence-corrected chi connectivity index (χ1v) is 2.35. The van der Waals surface area contributed by atoms with Gasteiger partial charge < -0.3 is 25.8 Å². The summed E-state index contributed by atoms with van der Waals surface area (Å²) in [4.78, 5) is 9.79. The molecule has 0 unspecified atom stereocenters. The van der Waals surface area contributed by atoms with Gasteiger partial charge in [0.2, 0.25) is 0 Å². The first kappa shape index (κ1) is 13.0. The van der Waals surface area contributed by atoms with E-state index in [0.717, 1.165) is 0 Å². The monoisotopic (exact) mass is 157 g/mol. The van der Waals surface area contributed by atoms with E-state index >= 15 is 0 Å². The Labute approximate surface area is 80.1 Å². The van der Waals surface area contributed by atoms with E-state index < -0.39 is 24.7 Å². The summed E-state index contributed by atoms with van der Waals surface area (Å²) in [6.45, 7) is -0.671. The van der Waals surface area contributed by atoms with Crippen LogP contribution < -0.4 is 40.4 Å². The number of hydrogen-bond donors (Lipinski definition) is 3. The second kappa shape index (κ2) is 6.09. The fourth-order valence-electron chi connectivity index (χ4n) is 0.271. The molecule has 0 aliphatic heterocycles. The smallest absolute Gasteiger partial charge is 0.548 e. The summed E-state index contributed by atoms with van der Waals surface area (Å²) in [5, 5.41) is 26.4. The topological polar surface area (TPSA) is 107 Å². The number of hydrogen-bond acceptors (Lipinski definition) is 5. The van der Waals surface area contributed by atoms with E-state index in [0.29, 0.717) is 0 Å². The van der Waals surface area contributed by atoms with Gasteiger partial charge in [0.25, 0.3) is 0 Å². The van der Waals surface area contributed by atoms with Crippen LogP contribution in [0.2, 0.25) is 0 Å². The molecule has 6 heteroatoms. The van der Waals surface area contributed by atoms with Crippen molar-refractivity contribution in [2.24, 2.45) is 5.73 Å². The van der Waals surface area contributed by atoms with Crippen LogP contribution in [0, 0.1) is 0 Å². The van der Waals surface area contributed by atoms with Gasteiger partial charge in [-0.1, -0.05) is 0 Å². The number of carbonyl (C=O) groups is 1. The van der Waals surface area contributed by atoms with Crippen LogP contribution in [0.3, 0.4) is 0 Å². The van der Waals surface area contributed by atoms with Gasteiger partial charge in [-0.25, -0.2) is 0 Å². The third-order valence-electron chi connectivity index (χ3n) is 0.874. The SMILES string of the molecule is N[C@H](C(=O)[O-])[C@@H](O)CO.[Na+]. The van der Waals surface area contributed by atoms with Crippen molar-refractivity contribution in [3.05, 3.63) is 0 Å². The molecule has 0 fully saturated rings. The van der Waals surface area contributed by atoms with Crippen molar-refractivity contribution in [1.29, 1.82) is 0 Å². The van der Waals surface area contributed by atoms with Crippen molar-refractivity contribution < 1.29 is 49.7 Å². The number of rotatable bonds is 3. The van der Waals surface area contributed by atoms with Gasteiger partial charge in [-0.15, -0.1) is 0 Å². The van der Waals surface area contributed by atoms with Crippen LogP contribution in [0.15, 0.2) is 0 Å². The van der Waals surface area contributed by atoms with Crippen molar-refractivity contribution >= 4 is 5.97 Å². The van der Waals surface area contributed by atoms with Gasteiger partial charge in [0.1, 0.15) is 0 Å². The summed E-state index contributed by atoms with van der Waals surface area (Å²) in [6, 6.07) is -1.50. The van der Waals surface area contributed by atoms with Crippen LogP contribution in [-0.2, 0) is 4.79 Å². The average molecular weight is 157 g/mol. The number of nitrogens with two attached hydrogens (primary N) is 1. The van der Waals surface area contributed by atoms with E-state index in [2.05, 4.69) is 0 Å². The number of carboxylic acid groups (broad SMARTS) is 1. The van der Waals surface area contributed by atoms with Gasteiger partial charge in [-0.05, 0) is 0 Å². The Morgan fingerprint density at radius 3 is 2.20 bits per heavy atom. The number of aliphatic carboxylic acids is 1. The molecule has 0 heterocycles. The van der Waals surface area contributed by atoms with Crippen LogP contribution >= 0.6 is 0 Å². The van der Waals surface area contributed by atoms with Crippen LogP contribution in [0.4, 0.5) is 0 Å². The van der Waals surface area contributed by atoms with E-state index in [1.807, 2.05) is 0 Å². The molecular weight excluding hydrogens is 149 g/mol. The Morgan fingerprint density at radius 2 is 2.10 bits per heavy atom. The minimum Gasteiger partial charge on any atom is -0.548 e. The third kappa shape index (κ3) is 4.21. The van der Waals surface area contributed by atoms with E-state index in [1.54, 1.807) is 0 Å². The normalized spacial score (nSPS) is 15.1. The number of carboxylic acids is 1. The molecule has 0 amide bonds. The van der Waals surface area contributed by atoms with Gasteiger partial charge in [0.05, 0.1) is 24.7 Å². The average Bonchev–Trinajstić information content (AvgIpc) is 1.84. The van der Waals surface area contributed by atoms with Crippen LogP contribution in [-0.4, -0.2) is 34.9 Å². The van der Waals surface area contributed by atoms with Gasteiger partial charge in [-0.3, -0.25) is 0 Å². The number of carbonyl (C=O) groups excluding carboxylic acids is 1. The molecule has 0 aliphatic carbocycles. The Bertz CT molecular complexity index is 109. The van der Waals surface area contributed by atoms with E-state index in [-0.39, 0.29) is 29.6 Å². The minimum absolute atomic E-state index is 0. The Morgan fingerprint density at radius 1 is 1.70 bits per heavy atom. The van der Waals surface area contributed by atoms with Crippen LogP contribution in [0.25, 0.3) is 0 Å². The molecule has 2 atom stereocenters. The maximum Gasteiger partial charge on any atom is 1.00 e. The fourth-order valence-corrected chi connectivity index (χ4v) is 0.271. The maximum atomic E-state index is 9.79. The summed E-state index contributed by atoms with van der Waals surface area (Å²) in [5.41, 5.74) is 4.80. The predicted octanol–water partition coefficient (Wildman–Crippen LogP) is -6.58. The largest absolute Gasteiger partial charge is 1.00 e. The zero-order valence-electron chi connectivity index (χ0n) is 5.65. The zero-order valence-corrected chi connectivity index (χ0v) is 7.65. The Hall–Kier alpha value is 0.350. The summed E-state index contributed by atoms with van der Waals surface area (Å²) in [6.07, 6.45) is -1.44. The Balaban J connectivity index is 0. The molecule has 0 spiro atoms. The van der Waals surface area contributed by atoms with E-state index in [4.69, 9.17) is 15.9 Å². The molecule has 0 bridgehead atoms. The third-order valence-corrected chi connectivity index (χ3v) is 0.874. The first-order chi connectivity index (χ1) is 4.09. The van der Waals surface area contributed by atoms with Gasteiger partial charge in [0.15, 0.2) is 0 Å². The first-order valence-electron chi connectivity index (χ1n) is 2.35. The van der Waals surface area contributed by atoms with Gasteiger partial charge in [0, 0.05) is 0 Å². The molecule has 0 saturated carbocycles. The van der Waals surface area contributed by atoms with Crippen LogP contribution in [0.5, 0.6) is 0 Å². The second-order valence-electron chi connectivity index (χ2n) is 1.59. The molecule has 4 N–H and O–H groups in total. The zero-order chi connectivity index (χ0) is 7.44. The van der Waals surface area contributed by atoms with E-state index in [1.165, 1.54) is 0 Å². The molecule has 0 saturated heterocycles. The van der Waals surface area contributed by atoms with Crippen LogP contribution in [0.1, 0.15) is 0 Å². The minimum atomic E-state index is -1.57. The summed E-state index contributed by atoms with van der Waals surface area (Å²) in [7, 11) is 0. The van der Waals surface area contributed by atoms with Gasteiger partial charge in [-0.2, -0.15) is 0 Å². The fraction of sp³-hybridized carbons (Fsp3) is 0.750. The van der Waals surface area contributed by atoms with Crippen molar-refractivity contribution in [2.45, 2.75) is 12.1 Å². The molecule has 0 aromatic carbocycles. The summed E-state index contributed by atoms with van der Waals surface area (Å²) >= 11 is 0. The molecule has 10 heavy (non-hydrogen) atoms. The molecule has 0 radical (unpaired) electrons. The Kier molecular flexibility index (Phi) is 7.90. The number of aliphatic hydroxyl groups excluding tert-OH is 2. The number of aliphatic hydroxyl groups is 2. The molecule has 0 aromatic rings. The molecule has 0 aliphatic rings. The van der Waals surface area contributed by atoms with Crippen molar-refractivity contribution in [3.63, 3.8) is 0 Å². The maximum absolute atomic E-state index is 9.79. The van der Waals surface area contributed by atoms with Crippen molar-refractivity contribution in [2.75, 3.05) is 6.61 Å². The quantitative estimate of drug-likeness (QED) is 0.353. The van der Waals surface area contributed by atoms with E-state index in [9.17, 15) is 9.90 Å². The van der Waals surface area contributed by atoms with Gasteiger partial charge >= 0.3 is 29.6 Å². The summed E-state index contributed by atoms with van der Waals surface area (Å²) in [5.74, 6) is -1.57. The second-order valence-corrected chi connectivity index (χ2v) is 1.59. The molecular formula is C4H8NNaO4.